The largest absolute Gasteiger partial charge is 0.462 e. The molecule has 0 saturated carbocycles. The Labute approximate surface area is 181 Å². The summed E-state index contributed by atoms with van der Waals surface area (Å²) in [6.45, 7) is 3.24. The second-order valence-electron chi connectivity index (χ2n) is 6.52. The SMILES string of the molecule is CCOC(=O)C1=C(N)OC(C)=C(C(=O)OCCOC)[C@]12C(=O)Nc1ccc(Br)cc12. The molecule has 2 aliphatic rings. The minimum atomic E-state index is -1.89. The van der Waals surface area contributed by atoms with Crippen molar-refractivity contribution in [2.75, 3.05) is 32.2 Å². The van der Waals surface area contributed by atoms with E-state index in [4.69, 9.17) is 24.7 Å². The van der Waals surface area contributed by atoms with E-state index in [1.807, 2.05) is 0 Å². The lowest BCUT2D eigenvalue weighted by atomic mass is 9.67. The van der Waals surface area contributed by atoms with Crippen LogP contribution in [0.3, 0.4) is 0 Å². The number of ether oxygens (including phenoxy) is 4. The number of fused-ring (bicyclic) bond motifs is 2. The Hall–Kier alpha value is -2.85. The van der Waals surface area contributed by atoms with Crippen LogP contribution in [0.1, 0.15) is 19.4 Å². The lowest BCUT2D eigenvalue weighted by molar-refractivity contribution is -0.144. The molecular weight excluding hydrogens is 460 g/mol. The number of carbonyl (C=O) groups excluding carboxylic acids is 3. The molecule has 1 atom stereocenters. The average molecular weight is 481 g/mol. The van der Waals surface area contributed by atoms with E-state index >= 15 is 0 Å². The van der Waals surface area contributed by atoms with Crippen LogP contribution < -0.4 is 11.1 Å². The lowest BCUT2D eigenvalue weighted by Crippen LogP contribution is -2.48. The van der Waals surface area contributed by atoms with E-state index in [1.54, 1.807) is 25.1 Å². The van der Waals surface area contributed by atoms with E-state index in [0.717, 1.165) is 0 Å². The van der Waals surface area contributed by atoms with Gasteiger partial charge in [0.2, 0.25) is 11.8 Å². The summed E-state index contributed by atoms with van der Waals surface area (Å²) in [4.78, 5) is 39.4. The molecule has 0 fully saturated rings. The van der Waals surface area contributed by atoms with Gasteiger partial charge in [0.15, 0.2) is 0 Å². The number of nitrogens with one attached hydrogen (secondary N) is 1. The number of benzene rings is 1. The molecule has 1 amide bonds. The molecule has 0 aliphatic carbocycles. The molecule has 3 rings (SSSR count). The fourth-order valence-electron chi connectivity index (χ4n) is 3.65. The summed E-state index contributed by atoms with van der Waals surface area (Å²) in [6.07, 6.45) is 0. The predicted molar refractivity (Wildman–Crippen MR) is 109 cm³/mol. The van der Waals surface area contributed by atoms with Gasteiger partial charge in [-0.15, -0.1) is 0 Å². The summed E-state index contributed by atoms with van der Waals surface area (Å²) in [5.74, 6) is -2.61. The normalized spacial score (nSPS) is 20.1. The molecule has 9 nitrogen and oxygen atoms in total. The third kappa shape index (κ3) is 3.35. The van der Waals surface area contributed by atoms with Crippen LogP contribution in [0, 0.1) is 0 Å². The van der Waals surface area contributed by atoms with Crippen molar-refractivity contribution in [1.29, 1.82) is 0 Å². The molecule has 0 bridgehead atoms. The van der Waals surface area contributed by atoms with E-state index in [9.17, 15) is 14.4 Å². The van der Waals surface area contributed by atoms with Crippen LogP contribution in [-0.4, -0.2) is 44.8 Å². The first-order chi connectivity index (χ1) is 14.3. The van der Waals surface area contributed by atoms with Crippen molar-refractivity contribution in [3.8, 4) is 0 Å². The Morgan fingerprint density at radius 3 is 2.57 bits per heavy atom. The lowest BCUT2D eigenvalue weighted by Gasteiger charge is -2.35. The number of anilines is 1. The fraction of sp³-hybridized carbons (Fsp3) is 0.350. The van der Waals surface area contributed by atoms with Crippen LogP contribution in [0.5, 0.6) is 0 Å². The maximum atomic E-state index is 13.4. The van der Waals surface area contributed by atoms with Crippen molar-refractivity contribution in [3.63, 3.8) is 0 Å². The number of hydrogen-bond acceptors (Lipinski definition) is 8. The van der Waals surface area contributed by atoms with Gasteiger partial charge in [0.1, 0.15) is 28.9 Å². The fourth-order valence-corrected chi connectivity index (χ4v) is 4.02. The molecule has 1 aromatic carbocycles. The zero-order chi connectivity index (χ0) is 22.1. The van der Waals surface area contributed by atoms with Crippen LogP contribution in [0.4, 0.5) is 5.69 Å². The highest BCUT2D eigenvalue weighted by atomic mass is 79.9. The zero-order valence-corrected chi connectivity index (χ0v) is 18.3. The number of esters is 2. The number of amides is 1. The van der Waals surface area contributed by atoms with Crippen LogP contribution in [-0.2, 0) is 38.7 Å². The van der Waals surface area contributed by atoms with Gasteiger partial charge < -0.3 is 30.0 Å². The van der Waals surface area contributed by atoms with Crippen LogP contribution in [0.15, 0.2) is 45.5 Å². The van der Waals surface area contributed by atoms with Crippen molar-refractivity contribution in [3.05, 3.63) is 51.0 Å². The van der Waals surface area contributed by atoms with Gasteiger partial charge in [-0.25, -0.2) is 9.59 Å². The summed E-state index contributed by atoms with van der Waals surface area (Å²) in [5.41, 5.74) is 4.53. The highest BCUT2D eigenvalue weighted by Gasteiger charge is 2.61. The Morgan fingerprint density at radius 1 is 1.20 bits per heavy atom. The molecule has 160 valence electrons. The van der Waals surface area contributed by atoms with E-state index in [-0.39, 0.29) is 42.6 Å². The number of nitrogens with two attached hydrogens (primary N) is 1. The molecule has 1 aromatic rings. The second-order valence-corrected chi connectivity index (χ2v) is 7.43. The monoisotopic (exact) mass is 480 g/mol. The van der Waals surface area contributed by atoms with Gasteiger partial charge in [0.05, 0.1) is 13.2 Å². The first-order valence-electron chi connectivity index (χ1n) is 9.13. The van der Waals surface area contributed by atoms with E-state index in [0.29, 0.717) is 15.7 Å². The minimum absolute atomic E-state index is 0.0367. The zero-order valence-electron chi connectivity index (χ0n) is 16.7. The minimum Gasteiger partial charge on any atom is -0.462 e. The number of halogens is 1. The molecule has 30 heavy (non-hydrogen) atoms. The van der Waals surface area contributed by atoms with Gasteiger partial charge in [-0.3, -0.25) is 4.79 Å². The molecule has 2 aliphatic heterocycles. The summed E-state index contributed by atoms with van der Waals surface area (Å²) in [5, 5.41) is 2.73. The highest BCUT2D eigenvalue weighted by molar-refractivity contribution is 9.10. The Balaban J connectivity index is 2.29. The maximum absolute atomic E-state index is 13.4. The summed E-state index contributed by atoms with van der Waals surface area (Å²) in [7, 11) is 1.46. The predicted octanol–water partition coefficient (Wildman–Crippen LogP) is 1.87. The summed E-state index contributed by atoms with van der Waals surface area (Å²) < 4.78 is 21.5. The van der Waals surface area contributed by atoms with Gasteiger partial charge >= 0.3 is 11.9 Å². The van der Waals surface area contributed by atoms with Crippen molar-refractivity contribution >= 4 is 39.5 Å². The Morgan fingerprint density at radius 2 is 1.90 bits per heavy atom. The Kier molecular flexibility index (Phi) is 6.18. The van der Waals surface area contributed by atoms with Crippen molar-refractivity contribution < 1.29 is 33.3 Å². The molecule has 3 N–H and O–H groups in total. The van der Waals surface area contributed by atoms with Crippen molar-refractivity contribution in [2.45, 2.75) is 19.3 Å². The van der Waals surface area contributed by atoms with Crippen molar-refractivity contribution in [2.24, 2.45) is 5.73 Å². The topological polar surface area (TPSA) is 126 Å². The molecule has 0 saturated heterocycles. The first kappa shape index (κ1) is 21.8. The van der Waals surface area contributed by atoms with Crippen LogP contribution in [0.25, 0.3) is 0 Å². The highest BCUT2D eigenvalue weighted by Crippen LogP contribution is 2.53. The number of rotatable bonds is 6. The van der Waals surface area contributed by atoms with Crippen molar-refractivity contribution in [1.82, 2.24) is 0 Å². The summed E-state index contributed by atoms with van der Waals surface area (Å²) in [6, 6.07) is 5.02. The number of methoxy groups -OCH3 is 1. The summed E-state index contributed by atoms with van der Waals surface area (Å²) >= 11 is 3.38. The maximum Gasteiger partial charge on any atom is 0.341 e. The van der Waals surface area contributed by atoms with Gasteiger partial charge in [-0.05, 0) is 32.0 Å². The quantitative estimate of drug-likeness (QED) is 0.466. The molecule has 0 unspecified atom stereocenters. The molecule has 2 heterocycles. The number of hydrogen-bond donors (Lipinski definition) is 2. The van der Waals surface area contributed by atoms with E-state index < -0.39 is 23.3 Å². The molecule has 1 spiro atoms. The van der Waals surface area contributed by atoms with E-state index in [2.05, 4.69) is 21.2 Å². The molecule has 0 aromatic heterocycles. The number of allylic oxidation sites excluding steroid dienone is 1. The smallest absolute Gasteiger partial charge is 0.341 e. The van der Waals surface area contributed by atoms with Gasteiger partial charge in [-0.2, -0.15) is 0 Å². The first-order valence-corrected chi connectivity index (χ1v) is 9.92. The van der Waals surface area contributed by atoms with Crippen LogP contribution >= 0.6 is 15.9 Å². The van der Waals surface area contributed by atoms with Gasteiger partial charge in [0.25, 0.3) is 0 Å². The van der Waals surface area contributed by atoms with Gasteiger partial charge in [-0.1, -0.05) is 15.9 Å². The number of carbonyl (C=O) groups is 3. The third-order valence-corrected chi connectivity index (χ3v) is 5.28. The molecule has 0 radical (unpaired) electrons. The molecule has 10 heteroatoms. The van der Waals surface area contributed by atoms with Crippen LogP contribution in [0.2, 0.25) is 0 Å². The Bertz CT molecular complexity index is 985. The van der Waals surface area contributed by atoms with E-state index in [1.165, 1.54) is 14.0 Å². The second kappa shape index (κ2) is 8.49. The third-order valence-electron chi connectivity index (χ3n) is 4.79. The van der Waals surface area contributed by atoms with Gasteiger partial charge in [0, 0.05) is 22.8 Å². The standard InChI is InChI=1S/C20H21BrN2O7/c1-4-28-18(25)15-16(22)30-10(2)14(17(24)29-8-7-27-3)20(15)12-9-11(21)5-6-13(12)23-19(20)26/h5-6,9H,4,7-8,22H2,1-3H3,(H,23,26)/t20-/m0/s1. The average Bonchev–Trinajstić information content (AvgIpc) is 2.94. The molecular formula is C20H21BrN2O7.